The average molecular weight is 290 g/mol. The molecular formula is C10H10BrClN2O. The fraction of sp³-hybridized carbons (Fsp3) is 0.300. The lowest BCUT2D eigenvalue weighted by Gasteiger charge is -2.04. The van der Waals surface area contributed by atoms with Crippen LogP contribution in [0, 0.1) is 0 Å². The molecule has 80 valence electrons. The molecule has 1 heterocycles. The van der Waals surface area contributed by atoms with Crippen LogP contribution < -0.4 is 0 Å². The summed E-state index contributed by atoms with van der Waals surface area (Å²) >= 11 is 9.20. The van der Waals surface area contributed by atoms with Gasteiger partial charge >= 0.3 is 0 Å². The largest absolute Gasteiger partial charge is 0.395 e. The number of halogens is 2. The second kappa shape index (κ2) is 4.51. The van der Waals surface area contributed by atoms with Gasteiger partial charge in [-0.2, -0.15) is 0 Å². The molecule has 0 bridgehead atoms. The molecule has 1 N–H and O–H groups in total. The summed E-state index contributed by atoms with van der Waals surface area (Å²) in [6.45, 7) is 0.617. The minimum absolute atomic E-state index is 0.0887. The molecule has 0 fully saturated rings. The molecule has 0 radical (unpaired) electrons. The van der Waals surface area contributed by atoms with Gasteiger partial charge in [-0.1, -0.05) is 15.9 Å². The van der Waals surface area contributed by atoms with Crippen molar-refractivity contribution in [2.24, 2.45) is 0 Å². The molecule has 0 unspecified atom stereocenters. The van der Waals surface area contributed by atoms with E-state index in [1.54, 1.807) is 0 Å². The molecule has 2 aromatic rings. The van der Waals surface area contributed by atoms with Gasteiger partial charge in [0.05, 0.1) is 23.5 Å². The standard InChI is InChI=1S/C10H10BrClN2O/c11-7-1-2-9-8(5-7)13-10(6-12)14(9)3-4-15/h1-2,5,15H,3-4,6H2. The van der Waals surface area contributed by atoms with E-state index >= 15 is 0 Å². The Morgan fingerprint density at radius 2 is 2.27 bits per heavy atom. The number of nitrogens with zero attached hydrogens (tertiary/aromatic N) is 2. The van der Waals surface area contributed by atoms with Crippen LogP contribution in [0.2, 0.25) is 0 Å². The lowest BCUT2D eigenvalue weighted by Crippen LogP contribution is -2.05. The number of aromatic nitrogens is 2. The minimum Gasteiger partial charge on any atom is -0.395 e. The number of aliphatic hydroxyl groups is 1. The highest BCUT2D eigenvalue weighted by Crippen LogP contribution is 2.21. The van der Waals surface area contributed by atoms with Gasteiger partial charge in [0.1, 0.15) is 5.82 Å². The molecule has 0 spiro atoms. The third-order valence-electron chi connectivity index (χ3n) is 2.23. The highest BCUT2D eigenvalue weighted by atomic mass is 79.9. The molecule has 1 aromatic carbocycles. The third kappa shape index (κ3) is 2.02. The van der Waals surface area contributed by atoms with Crippen molar-refractivity contribution in [2.75, 3.05) is 6.61 Å². The molecule has 0 aliphatic rings. The van der Waals surface area contributed by atoms with Gasteiger partial charge in [0, 0.05) is 11.0 Å². The van der Waals surface area contributed by atoms with Crippen LogP contribution in [0.4, 0.5) is 0 Å². The number of benzene rings is 1. The van der Waals surface area contributed by atoms with Crippen LogP contribution in [0.1, 0.15) is 5.82 Å². The molecule has 0 saturated carbocycles. The van der Waals surface area contributed by atoms with Gasteiger partial charge in [-0.25, -0.2) is 4.98 Å². The number of fused-ring (bicyclic) bond motifs is 1. The van der Waals surface area contributed by atoms with Gasteiger partial charge in [0.2, 0.25) is 0 Å². The Bertz CT molecular complexity index is 483. The summed E-state index contributed by atoms with van der Waals surface area (Å²) in [4.78, 5) is 4.40. The summed E-state index contributed by atoms with van der Waals surface area (Å²) in [6, 6.07) is 5.87. The average Bonchev–Trinajstić information content (AvgIpc) is 2.56. The first kappa shape index (κ1) is 10.9. The van der Waals surface area contributed by atoms with Gasteiger partial charge in [0.25, 0.3) is 0 Å². The zero-order valence-corrected chi connectivity index (χ0v) is 10.3. The molecule has 15 heavy (non-hydrogen) atoms. The first-order chi connectivity index (χ1) is 7.26. The van der Waals surface area contributed by atoms with Crippen molar-refractivity contribution in [1.82, 2.24) is 9.55 Å². The maximum atomic E-state index is 8.97. The van der Waals surface area contributed by atoms with Crippen molar-refractivity contribution in [3.8, 4) is 0 Å². The zero-order valence-electron chi connectivity index (χ0n) is 7.95. The van der Waals surface area contributed by atoms with Crippen LogP contribution in [-0.4, -0.2) is 21.3 Å². The fourth-order valence-corrected chi connectivity index (χ4v) is 2.16. The van der Waals surface area contributed by atoms with Crippen molar-refractivity contribution in [3.05, 3.63) is 28.5 Å². The van der Waals surface area contributed by atoms with E-state index in [-0.39, 0.29) is 6.61 Å². The molecule has 0 amide bonds. The Kier molecular flexibility index (Phi) is 3.29. The zero-order chi connectivity index (χ0) is 10.8. The van der Waals surface area contributed by atoms with Gasteiger partial charge in [0.15, 0.2) is 0 Å². The molecule has 0 aliphatic heterocycles. The number of imidazole rings is 1. The second-order valence-corrected chi connectivity index (χ2v) is 4.35. The molecule has 3 nitrogen and oxygen atoms in total. The Morgan fingerprint density at radius 1 is 1.47 bits per heavy atom. The van der Waals surface area contributed by atoms with E-state index in [0.717, 1.165) is 21.3 Å². The highest BCUT2D eigenvalue weighted by molar-refractivity contribution is 9.10. The summed E-state index contributed by atoms with van der Waals surface area (Å²) in [7, 11) is 0. The summed E-state index contributed by atoms with van der Waals surface area (Å²) in [5.74, 6) is 1.14. The van der Waals surface area contributed by atoms with Crippen molar-refractivity contribution in [3.63, 3.8) is 0 Å². The van der Waals surface area contributed by atoms with Crippen molar-refractivity contribution in [1.29, 1.82) is 0 Å². The van der Waals surface area contributed by atoms with Gasteiger partial charge in [-0.3, -0.25) is 0 Å². The van der Waals surface area contributed by atoms with Crippen LogP contribution in [0.3, 0.4) is 0 Å². The predicted octanol–water partition coefficient (Wildman–Crippen LogP) is 2.53. The van der Waals surface area contributed by atoms with Crippen molar-refractivity contribution in [2.45, 2.75) is 12.4 Å². The van der Waals surface area contributed by atoms with Gasteiger partial charge < -0.3 is 9.67 Å². The van der Waals surface area contributed by atoms with Gasteiger partial charge in [-0.05, 0) is 18.2 Å². The number of alkyl halides is 1. The normalized spacial score (nSPS) is 11.1. The maximum Gasteiger partial charge on any atom is 0.124 e. The number of hydrogen-bond acceptors (Lipinski definition) is 2. The quantitative estimate of drug-likeness (QED) is 0.882. The second-order valence-electron chi connectivity index (χ2n) is 3.17. The topological polar surface area (TPSA) is 38.0 Å². The van der Waals surface area contributed by atoms with E-state index in [1.807, 2.05) is 22.8 Å². The van der Waals surface area contributed by atoms with Crippen LogP contribution >= 0.6 is 27.5 Å². The number of hydrogen-bond donors (Lipinski definition) is 1. The summed E-state index contributed by atoms with van der Waals surface area (Å²) < 4.78 is 2.93. The third-order valence-corrected chi connectivity index (χ3v) is 2.96. The van der Waals surface area contributed by atoms with Crippen molar-refractivity contribution >= 4 is 38.6 Å². The molecule has 0 aliphatic carbocycles. The van der Waals surface area contributed by atoms with Crippen LogP contribution in [0.5, 0.6) is 0 Å². The Labute approximate surface area is 101 Å². The van der Waals surface area contributed by atoms with Crippen molar-refractivity contribution < 1.29 is 5.11 Å². The van der Waals surface area contributed by atoms with Gasteiger partial charge in [-0.15, -0.1) is 11.6 Å². The lowest BCUT2D eigenvalue weighted by molar-refractivity contribution is 0.276. The predicted molar refractivity (Wildman–Crippen MR) is 64.1 cm³/mol. The molecule has 2 rings (SSSR count). The van der Waals surface area contributed by atoms with Crippen LogP contribution in [-0.2, 0) is 12.4 Å². The van der Waals surface area contributed by atoms with Crippen LogP contribution in [0.25, 0.3) is 11.0 Å². The summed E-state index contributed by atoms with van der Waals surface area (Å²) in [5, 5.41) is 8.97. The highest BCUT2D eigenvalue weighted by Gasteiger charge is 2.09. The summed E-state index contributed by atoms with van der Waals surface area (Å²) in [5.41, 5.74) is 1.90. The lowest BCUT2D eigenvalue weighted by atomic mass is 10.3. The molecule has 0 atom stereocenters. The first-order valence-corrected chi connectivity index (χ1v) is 5.90. The number of aliphatic hydroxyl groups excluding tert-OH is 1. The monoisotopic (exact) mass is 288 g/mol. The van der Waals surface area contributed by atoms with E-state index in [4.69, 9.17) is 16.7 Å². The number of rotatable bonds is 3. The van der Waals surface area contributed by atoms with E-state index in [9.17, 15) is 0 Å². The molecule has 1 aromatic heterocycles. The fourth-order valence-electron chi connectivity index (χ4n) is 1.60. The van der Waals surface area contributed by atoms with E-state index < -0.39 is 0 Å². The smallest absolute Gasteiger partial charge is 0.124 e. The first-order valence-electron chi connectivity index (χ1n) is 4.57. The minimum atomic E-state index is 0.0887. The Hall–Kier alpha value is -0.580. The molecular weight excluding hydrogens is 279 g/mol. The van der Waals surface area contributed by atoms with E-state index in [2.05, 4.69) is 20.9 Å². The molecule has 0 saturated heterocycles. The van der Waals surface area contributed by atoms with Crippen LogP contribution in [0.15, 0.2) is 22.7 Å². The van der Waals surface area contributed by atoms with E-state index in [0.29, 0.717) is 12.4 Å². The molecule has 5 heteroatoms. The Morgan fingerprint density at radius 3 is 2.93 bits per heavy atom. The maximum absolute atomic E-state index is 8.97. The van der Waals surface area contributed by atoms with E-state index in [1.165, 1.54) is 0 Å². The SMILES string of the molecule is OCCn1c(CCl)nc2cc(Br)ccc21. The summed E-state index contributed by atoms with van der Waals surface area (Å²) in [6.07, 6.45) is 0. The Balaban J connectivity index is 2.63.